The summed E-state index contributed by atoms with van der Waals surface area (Å²) in [4.78, 5) is 25.4. The minimum Gasteiger partial charge on any atom is -0.423 e. The molecule has 1 N–H and O–H groups in total. The Hall–Kier alpha value is -3.96. The summed E-state index contributed by atoms with van der Waals surface area (Å²) in [6.07, 6.45) is 5.73. The van der Waals surface area contributed by atoms with Gasteiger partial charge < -0.3 is 14.6 Å². The number of carbonyl (C=O) groups is 2. The molecular formula is C35H40O5. The molecule has 0 aliphatic carbocycles. The molecule has 3 aromatic carbocycles. The van der Waals surface area contributed by atoms with E-state index in [1.54, 1.807) is 26.0 Å². The van der Waals surface area contributed by atoms with Crippen molar-refractivity contribution in [3.63, 3.8) is 0 Å². The zero-order chi connectivity index (χ0) is 29.2. The predicted octanol–water partition coefficient (Wildman–Crippen LogP) is 7.81. The largest absolute Gasteiger partial charge is 0.423 e. The molecular weight excluding hydrogens is 500 g/mol. The van der Waals surface area contributed by atoms with E-state index < -0.39 is 11.9 Å². The second kappa shape index (κ2) is 14.4. The van der Waals surface area contributed by atoms with Gasteiger partial charge in [0, 0.05) is 28.9 Å². The van der Waals surface area contributed by atoms with Crippen molar-refractivity contribution in [3.8, 4) is 33.8 Å². The van der Waals surface area contributed by atoms with Crippen LogP contribution in [0.5, 0.6) is 11.5 Å². The molecule has 0 saturated heterocycles. The second-order valence-electron chi connectivity index (χ2n) is 10.2. The second-order valence-corrected chi connectivity index (χ2v) is 10.2. The van der Waals surface area contributed by atoms with Crippen molar-refractivity contribution < 1.29 is 24.2 Å². The molecule has 3 aromatic rings. The third kappa shape index (κ3) is 7.80. The van der Waals surface area contributed by atoms with E-state index >= 15 is 0 Å². The first-order chi connectivity index (χ1) is 19.2. The van der Waals surface area contributed by atoms with Gasteiger partial charge in [-0.2, -0.15) is 0 Å². The Bertz CT molecular complexity index is 1380. The van der Waals surface area contributed by atoms with E-state index in [4.69, 9.17) is 9.47 Å². The lowest BCUT2D eigenvalue weighted by Crippen LogP contribution is -2.12. The lowest BCUT2D eigenvalue weighted by atomic mass is 9.92. The van der Waals surface area contributed by atoms with Crippen LogP contribution in [0.15, 0.2) is 78.9 Å². The molecule has 5 heteroatoms. The molecule has 0 heterocycles. The van der Waals surface area contributed by atoms with Gasteiger partial charge in [0.1, 0.15) is 11.5 Å². The molecule has 3 rings (SSSR count). The number of ether oxygens (including phenoxy) is 2. The van der Waals surface area contributed by atoms with Gasteiger partial charge in [-0.3, -0.25) is 0 Å². The molecule has 0 amide bonds. The van der Waals surface area contributed by atoms with Crippen LogP contribution >= 0.6 is 0 Å². The van der Waals surface area contributed by atoms with Crippen molar-refractivity contribution in [1.82, 2.24) is 0 Å². The summed E-state index contributed by atoms with van der Waals surface area (Å²) in [6.45, 7) is 15.0. The highest BCUT2D eigenvalue weighted by Crippen LogP contribution is 2.43. The average molecular weight is 541 g/mol. The molecule has 0 aliphatic heterocycles. The van der Waals surface area contributed by atoms with Crippen molar-refractivity contribution in [2.45, 2.75) is 66.2 Å². The van der Waals surface area contributed by atoms with Gasteiger partial charge in [-0.15, -0.1) is 0 Å². The number of aryl methyl sites for hydroxylation is 2. The van der Waals surface area contributed by atoms with Gasteiger partial charge in [0.05, 0.1) is 0 Å². The highest BCUT2D eigenvalue weighted by atomic mass is 16.5. The Labute approximate surface area is 238 Å². The SMILES string of the molecule is C=C(C)C(=O)Oc1cc(-c2ccc(CCO)cc2CC)c(OC(=O)C(=C)C)cc1-c1ccc(CCCCC)cc1. The molecule has 0 fully saturated rings. The van der Waals surface area contributed by atoms with Crippen molar-refractivity contribution >= 4 is 11.9 Å². The number of hydrogen-bond acceptors (Lipinski definition) is 5. The summed E-state index contributed by atoms with van der Waals surface area (Å²) in [6, 6.07) is 17.6. The zero-order valence-electron chi connectivity index (χ0n) is 24.1. The topological polar surface area (TPSA) is 72.8 Å². The number of carbonyl (C=O) groups excluding carboxylic acids is 2. The van der Waals surface area contributed by atoms with E-state index in [-0.39, 0.29) is 17.8 Å². The van der Waals surface area contributed by atoms with E-state index in [0.717, 1.165) is 41.5 Å². The summed E-state index contributed by atoms with van der Waals surface area (Å²) in [5.41, 5.74) is 6.72. The first-order valence-electron chi connectivity index (χ1n) is 13.9. The van der Waals surface area contributed by atoms with E-state index in [0.29, 0.717) is 35.5 Å². The molecule has 0 bridgehead atoms. The molecule has 210 valence electrons. The summed E-state index contributed by atoms with van der Waals surface area (Å²) >= 11 is 0. The van der Waals surface area contributed by atoms with E-state index in [2.05, 4.69) is 32.2 Å². The van der Waals surface area contributed by atoms with E-state index in [9.17, 15) is 14.7 Å². The molecule has 0 atom stereocenters. The molecule has 0 aliphatic rings. The Morgan fingerprint density at radius 3 is 1.85 bits per heavy atom. The molecule has 5 nitrogen and oxygen atoms in total. The first-order valence-corrected chi connectivity index (χ1v) is 13.9. The number of aliphatic hydroxyl groups is 1. The zero-order valence-corrected chi connectivity index (χ0v) is 24.1. The van der Waals surface area contributed by atoms with Gasteiger partial charge in [0.2, 0.25) is 0 Å². The summed E-state index contributed by atoms with van der Waals surface area (Å²) in [5, 5.41) is 9.42. The lowest BCUT2D eigenvalue weighted by Gasteiger charge is -2.19. The maximum Gasteiger partial charge on any atom is 0.338 e. The fraction of sp³-hybridized carbons (Fsp3) is 0.314. The van der Waals surface area contributed by atoms with Crippen LogP contribution in [-0.4, -0.2) is 23.7 Å². The normalized spacial score (nSPS) is 10.7. The van der Waals surface area contributed by atoms with E-state index in [1.165, 1.54) is 12.0 Å². The summed E-state index contributed by atoms with van der Waals surface area (Å²) in [7, 11) is 0. The fourth-order valence-corrected chi connectivity index (χ4v) is 4.46. The van der Waals surface area contributed by atoms with Crippen LogP contribution in [-0.2, 0) is 28.9 Å². The van der Waals surface area contributed by atoms with Gasteiger partial charge in [-0.1, -0.05) is 82.3 Å². The minimum atomic E-state index is -0.542. The number of esters is 2. The first kappa shape index (κ1) is 30.6. The third-order valence-corrected chi connectivity index (χ3v) is 6.76. The Morgan fingerprint density at radius 1 is 0.725 bits per heavy atom. The molecule has 0 unspecified atom stereocenters. The van der Waals surface area contributed by atoms with Crippen LogP contribution in [0.3, 0.4) is 0 Å². The van der Waals surface area contributed by atoms with Crippen molar-refractivity contribution in [2.75, 3.05) is 6.61 Å². The number of aliphatic hydroxyl groups excluding tert-OH is 1. The molecule has 40 heavy (non-hydrogen) atoms. The summed E-state index contributed by atoms with van der Waals surface area (Å²) in [5.74, 6) is -0.391. The maximum absolute atomic E-state index is 12.7. The predicted molar refractivity (Wildman–Crippen MR) is 162 cm³/mol. The Kier molecular flexibility index (Phi) is 11.0. The van der Waals surface area contributed by atoms with Crippen LogP contribution < -0.4 is 9.47 Å². The smallest absolute Gasteiger partial charge is 0.338 e. The number of unbranched alkanes of at least 4 members (excludes halogenated alkanes) is 2. The highest BCUT2D eigenvalue weighted by Gasteiger charge is 2.21. The Balaban J connectivity index is 2.23. The average Bonchev–Trinajstić information content (AvgIpc) is 2.94. The molecule has 0 radical (unpaired) electrons. The lowest BCUT2D eigenvalue weighted by molar-refractivity contribution is -0.131. The quantitative estimate of drug-likeness (QED) is 0.104. The standard InChI is InChI=1S/C35H40O5/c1-7-9-10-11-25-12-15-28(16-13-25)30-21-33(40-35(38)24(5)6)31(22-32(30)39-34(37)23(3)4)29-17-14-26(18-19-36)20-27(29)8-2/h12-17,20-22,36H,3,5,7-11,18-19H2,1-2,4,6H3. The monoisotopic (exact) mass is 540 g/mol. The Morgan fingerprint density at radius 2 is 1.30 bits per heavy atom. The number of benzene rings is 3. The summed E-state index contributed by atoms with van der Waals surface area (Å²) < 4.78 is 11.7. The fourth-order valence-electron chi connectivity index (χ4n) is 4.46. The van der Waals surface area contributed by atoms with Gasteiger partial charge in [0.25, 0.3) is 0 Å². The number of hydrogen-bond donors (Lipinski definition) is 1. The van der Waals surface area contributed by atoms with Crippen LogP contribution in [0.4, 0.5) is 0 Å². The third-order valence-electron chi connectivity index (χ3n) is 6.76. The molecule has 0 aromatic heterocycles. The van der Waals surface area contributed by atoms with Crippen LogP contribution in [0.25, 0.3) is 22.3 Å². The highest BCUT2D eigenvalue weighted by molar-refractivity contribution is 5.94. The van der Waals surface area contributed by atoms with E-state index in [1.807, 2.05) is 37.3 Å². The molecule has 0 spiro atoms. The van der Waals surface area contributed by atoms with Crippen LogP contribution in [0.2, 0.25) is 0 Å². The minimum absolute atomic E-state index is 0.0526. The van der Waals surface area contributed by atoms with Crippen molar-refractivity contribution in [1.29, 1.82) is 0 Å². The van der Waals surface area contributed by atoms with Crippen molar-refractivity contribution in [2.24, 2.45) is 0 Å². The van der Waals surface area contributed by atoms with Gasteiger partial charge in [0.15, 0.2) is 0 Å². The molecule has 0 saturated carbocycles. The van der Waals surface area contributed by atoms with Crippen molar-refractivity contribution in [3.05, 3.63) is 95.6 Å². The van der Waals surface area contributed by atoms with Crippen LogP contribution in [0, 0.1) is 0 Å². The maximum atomic E-state index is 12.7. The number of rotatable bonds is 13. The van der Waals surface area contributed by atoms with Crippen LogP contribution in [0.1, 0.15) is 63.6 Å². The van der Waals surface area contributed by atoms with Gasteiger partial charge >= 0.3 is 11.9 Å². The van der Waals surface area contributed by atoms with Gasteiger partial charge in [-0.05, 0) is 79.5 Å². The van der Waals surface area contributed by atoms with Gasteiger partial charge in [-0.25, -0.2) is 9.59 Å².